The lowest BCUT2D eigenvalue weighted by molar-refractivity contribution is 0.294. The molecule has 2 aromatic carbocycles. The van der Waals surface area contributed by atoms with Crippen molar-refractivity contribution in [2.75, 3.05) is 0 Å². The Bertz CT molecular complexity index is 567. The van der Waals surface area contributed by atoms with E-state index >= 15 is 0 Å². The van der Waals surface area contributed by atoms with Gasteiger partial charge in [-0.05, 0) is 36.8 Å². The van der Waals surface area contributed by atoms with E-state index in [9.17, 15) is 13.2 Å². The lowest BCUT2D eigenvalue weighted by atomic mass is 10.2. The van der Waals surface area contributed by atoms with Gasteiger partial charge in [0.25, 0.3) is 0 Å². The topological polar surface area (TPSA) is 9.23 Å². The molecule has 0 N–H and O–H groups in total. The molecule has 0 bridgehead atoms. The average Bonchev–Trinajstić information content (AvgIpc) is 2.33. The van der Waals surface area contributed by atoms with Crippen LogP contribution >= 0.6 is 0 Å². The monoisotopic (exact) mass is 252 g/mol. The van der Waals surface area contributed by atoms with Crippen LogP contribution in [-0.4, -0.2) is 0 Å². The first kappa shape index (κ1) is 12.5. The van der Waals surface area contributed by atoms with E-state index in [2.05, 4.69) is 0 Å². The highest BCUT2D eigenvalue weighted by atomic mass is 19.2. The zero-order valence-corrected chi connectivity index (χ0v) is 9.71. The summed E-state index contributed by atoms with van der Waals surface area (Å²) in [4.78, 5) is 0. The van der Waals surface area contributed by atoms with E-state index in [0.717, 1.165) is 6.07 Å². The largest absolute Gasteiger partial charge is 0.489 e. The highest BCUT2D eigenvalue weighted by Gasteiger charge is 2.09. The molecule has 2 rings (SSSR count). The zero-order chi connectivity index (χ0) is 13.1. The molecule has 0 fully saturated rings. The van der Waals surface area contributed by atoms with Crippen LogP contribution in [0.5, 0.6) is 5.75 Å². The Morgan fingerprint density at radius 3 is 2.56 bits per heavy atom. The fourth-order valence-electron chi connectivity index (χ4n) is 1.59. The van der Waals surface area contributed by atoms with Gasteiger partial charge in [0.05, 0.1) is 0 Å². The molecule has 94 valence electrons. The molecule has 1 nitrogen and oxygen atoms in total. The Balaban J connectivity index is 2.14. The van der Waals surface area contributed by atoms with Crippen molar-refractivity contribution in [1.82, 2.24) is 0 Å². The molecule has 0 spiro atoms. The molecule has 0 radical (unpaired) electrons. The molecule has 0 amide bonds. The fraction of sp³-hybridized carbons (Fsp3) is 0.143. The maximum atomic E-state index is 13.4. The van der Waals surface area contributed by atoms with Gasteiger partial charge in [0.15, 0.2) is 11.6 Å². The molecule has 0 saturated carbocycles. The minimum absolute atomic E-state index is 0.101. The first-order chi connectivity index (χ1) is 8.58. The van der Waals surface area contributed by atoms with Crippen molar-refractivity contribution < 1.29 is 17.9 Å². The quantitative estimate of drug-likeness (QED) is 0.802. The summed E-state index contributed by atoms with van der Waals surface area (Å²) in [5, 5.41) is 0. The maximum absolute atomic E-state index is 13.4. The molecular formula is C14H11F3O. The SMILES string of the molecule is Cc1cc(F)ccc1OCc1cccc(F)c1F. The van der Waals surface area contributed by atoms with Crippen LogP contribution in [0.15, 0.2) is 36.4 Å². The highest BCUT2D eigenvalue weighted by Crippen LogP contribution is 2.20. The van der Waals surface area contributed by atoms with E-state index in [1.54, 1.807) is 6.92 Å². The molecule has 0 heterocycles. The molecule has 0 aromatic heterocycles. The molecule has 0 unspecified atom stereocenters. The Kier molecular flexibility index (Phi) is 3.55. The van der Waals surface area contributed by atoms with Crippen molar-refractivity contribution in [1.29, 1.82) is 0 Å². The summed E-state index contributed by atoms with van der Waals surface area (Å²) in [5.41, 5.74) is 0.727. The third-order valence-corrected chi connectivity index (χ3v) is 2.55. The van der Waals surface area contributed by atoms with Gasteiger partial charge in [0.2, 0.25) is 0 Å². The zero-order valence-electron chi connectivity index (χ0n) is 9.71. The van der Waals surface area contributed by atoms with Crippen LogP contribution in [-0.2, 0) is 6.61 Å². The van der Waals surface area contributed by atoms with Gasteiger partial charge in [0, 0.05) is 5.56 Å². The number of aryl methyl sites for hydroxylation is 1. The van der Waals surface area contributed by atoms with Crippen LogP contribution in [0, 0.1) is 24.4 Å². The molecule has 18 heavy (non-hydrogen) atoms. The summed E-state index contributed by atoms with van der Waals surface area (Å²) in [6.45, 7) is 1.58. The number of halogens is 3. The van der Waals surface area contributed by atoms with E-state index in [-0.39, 0.29) is 18.0 Å². The van der Waals surface area contributed by atoms with Gasteiger partial charge < -0.3 is 4.74 Å². The molecule has 2 aromatic rings. The standard InChI is InChI=1S/C14H11F3O/c1-9-7-11(15)5-6-13(9)18-8-10-3-2-4-12(16)14(10)17/h2-7H,8H2,1H3. The van der Waals surface area contributed by atoms with Crippen LogP contribution in [0.1, 0.15) is 11.1 Å². The van der Waals surface area contributed by atoms with Gasteiger partial charge in [-0.1, -0.05) is 12.1 Å². The molecule has 0 atom stereocenters. The van der Waals surface area contributed by atoms with Crippen molar-refractivity contribution in [3.63, 3.8) is 0 Å². The second-order valence-corrected chi connectivity index (χ2v) is 3.91. The summed E-state index contributed by atoms with van der Waals surface area (Å²) in [6, 6.07) is 7.93. The molecule has 0 saturated heterocycles. The minimum atomic E-state index is -0.919. The van der Waals surface area contributed by atoms with E-state index in [4.69, 9.17) is 4.74 Å². The van der Waals surface area contributed by atoms with Gasteiger partial charge >= 0.3 is 0 Å². The Hall–Kier alpha value is -1.97. The van der Waals surface area contributed by atoms with Crippen molar-refractivity contribution >= 4 is 0 Å². The van der Waals surface area contributed by atoms with Gasteiger partial charge in [-0.25, -0.2) is 13.2 Å². The van der Waals surface area contributed by atoms with Crippen LogP contribution in [0.3, 0.4) is 0 Å². The van der Waals surface area contributed by atoms with Crippen molar-refractivity contribution in [2.24, 2.45) is 0 Å². The van der Waals surface area contributed by atoms with Crippen LogP contribution in [0.25, 0.3) is 0 Å². The molecule has 0 aliphatic carbocycles. The van der Waals surface area contributed by atoms with Gasteiger partial charge in [-0.2, -0.15) is 0 Å². The third kappa shape index (κ3) is 2.64. The van der Waals surface area contributed by atoms with Crippen LogP contribution in [0.2, 0.25) is 0 Å². The van der Waals surface area contributed by atoms with E-state index in [1.807, 2.05) is 0 Å². The van der Waals surface area contributed by atoms with E-state index in [1.165, 1.54) is 30.3 Å². The van der Waals surface area contributed by atoms with Gasteiger partial charge in [-0.3, -0.25) is 0 Å². The van der Waals surface area contributed by atoms with Gasteiger partial charge in [-0.15, -0.1) is 0 Å². The number of ether oxygens (including phenoxy) is 1. The summed E-state index contributed by atoms with van der Waals surface area (Å²) in [6.07, 6.45) is 0. The van der Waals surface area contributed by atoms with Crippen LogP contribution in [0.4, 0.5) is 13.2 Å². The van der Waals surface area contributed by atoms with Crippen molar-refractivity contribution in [3.8, 4) is 5.75 Å². The summed E-state index contributed by atoms with van der Waals surface area (Å²) >= 11 is 0. The Morgan fingerprint density at radius 2 is 1.83 bits per heavy atom. The van der Waals surface area contributed by atoms with E-state index in [0.29, 0.717) is 11.3 Å². The number of hydrogen-bond donors (Lipinski definition) is 0. The molecule has 4 heteroatoms. The summed E-state index contributed by atoms with van der Waals surface area (Å²) in [5.74, 6) is -1.75. The third-order valence-electron chi connectivity index (χ3n) is 2.55. The predicted molar refractivity (Wildman–Crippen MR) is 61.8 cm³/mol. The average molecular weight is 252 g/mol. The van der Waals surface area contributed by atoms with Crippen molar-refractivity contribution in [3.05, 3.63) is 65.0 Å². The normalized spacial score (nSPS) is 10.4. The fourth-order valence-corrected chi connectivity index (χ4v) is 1.59. The highest BCUT2D eigenvalue weighted by molar-refractivity contribution is 5.33. The first-order valence-electron chi connectivity index (χ1n) is 5.40. The lowest BCUT2D eigenvalue weighted by Gasteiger charge is -2.09. The van der Waals surface area contributed by atoms with Crippen LogP contribution < -0.4 is 4.74 Å². The van der Waals surface area contributed by atoms with Crippen molar-refractivity contribution in [2.45, 2.75) is 13.5 Å². The minimum Gasteiger partial charge on any atom is -0.489 e. The maximum Gasteiger partial charge on any atom is 0.165 e. The van der Waals surface area contributed by atoms with Gasteiger partial charge in [0.1, 0.15) is 18.2 Å². The number of benzene rings is 2. The molecule has 0 aliphatic rings. The summed E-state index contributed by atoms with van der Waals surface area (Å²) in [7, 11) is 0. The summed E-state index contributed by atoms with van der Waals surface area (Å²) < 4.78 is 44.5. The second kappa shape index (κ2) is 5.12. The Labute approximate surface area is 103 Å². The number of rotatable bonds is 3. The smallest absolute Gasteiger partial charge is 0.165 e. The molecule has 0 aliphatic heterocycles. The van der Waals surface area contributed by atoms with E-state index < -0.39 is 11.6 Å². The first-order valence-corrected chi connectivity index (χ1v) is 5.40. The lowest BCUT2D eigenvalue weighted by Crippen LogP contribution is -2.01. The predicted octanol–water partition coefficient (Wildman–Crippen LogP) is 3.99. The molecular weight excluding hydrogens is 241 g/mol. The number of hydrogen-bond acceptors (Lipinski definition) is 1. The Morgan fingerprint density at radius 1 is 1.06 bits per heavy atom. The second-order valence-electron chi connectivity index (χ2n) is 3.91.